The van der Waals surface area contributed by atoms with Crippen LogP contribution in [0.2, 0.25) is 0 Å². The zero-order chi connectivity index (χ0) is 27.1. The SMILES string of the molecule is [2H][13C]([2H])([2H])OC(=O)N(c1c(N)nc(-c2nn(Cc3ccccc3F)c3ncccc23)nc1N)[13C]([2H])([2H])[2H]. The van der Waals surface area contributed by atoms with Gasteiger partial charge < -0.3 is 16.2 Å². The minimum atomic E-state index is -3.24. The first-order chi connectivity index (χ1) is 17.3. The minimum absolute atomic E-state index is 0.00966. The lowest BCUT2D eigenvalue weighted by atomic mass is 10.2. The summed E-state index contributed by atoms with van der Waals surface area (Å²) < 4.78 is 64.2. The van der Waals surface area contributed by atoms with Gasteiger partial charge in [-0.3, -0.25) is 4.90 Å². The number of carbonyl (C=O) groups is 1. The van der Waals surface area contributed by atoms with E-state index in [1.165, 1.54) is 16.9 Å². The number of pyridine rings is 1. The second kappa shape index (κ2) is 7.86. The number of carbonyl (C=O) groups excluding carboxylic acids is 1. The fourth-order valence-corrected chi connectivity index (χ4v) is 3.04. The summed E-state index contributed by atoms with van der Waals surface area (Å²) in [7, 11) is -3.23. The molecular formula is C20H19FN8O2. The Balaban J connectivity index is 1.82. The van der Waals surface area contributed by atoms with E-state index in [2.05, 4.69) is 24.8 Å². The van der Waals surface area contributed by atoms with E-state index in [9.17, 15) is 9.18 Å². The molecule has 0 unspecified atom stereocenters. The molecule has 3 heterocycles. The standard InChI is InChI=1S/C20H19FN8O2/c1-28(20(30)31-2)15-16(22)25-18(26-17(15)23)14-12-7-5-9-24-19(12)29(27-14)10-11-6-3-4-8-13(11)21/h3-9H,10H2,1-2H3,(H4,22,23,25,26)/i1+1D3,2+1D3. The molecule has 10 nitrogen and oxygen atoms in total. The second-order valence-corrected chi connectivity index (χ2v) is 6.34. The molecule has 0 fully saturated rings. The van der Waals surface area contributed by atoms with Gasteiger partial charge in [0.25, 0.3) is 0 Å². The van der Waals surface area contributed by atoms with Gasteiger partial charge in [0.05, 0.1) is 23.1 Å². The van der Waals surface area contributed by atoms with Crippen molar-refractivity contribution in [1.82, 2.24) is 24.7 Å². The van der Waals surface area contributed by atoms with Crippen LogP contribution in [-0.2, 0) is 11.3 Å². The molecule has 158 valence electrons. The molecule has 1 amide bonds. The number of nitrogen functional groups attached to an aromatic ring is 2. The molecule has 0 saturated carbocycles. The van der Waals surface area contributed by atoms with Gasteiger partial charge in [0, 0.05) is 22.8 Å². The lowest BCUT2D eigenvalue weighted by molar-refractivity contribution is 0.180. The summed E-state index contributed by atoms with van der Waals surface area (Å²) in [6.45, 7) is -3.22. The zero-order valence-corrected chi connectivity index (χ0v) is 15.8. The van der Waals surface area contributed by atoms with Crippen LogP contribution in [-0.4, -0.2) is 44.8 Å². The Kier molecular flexibility index (Phi) is 3.51. The van der Waals surface area contributed by atoms with Crippen molar-refractivity contribution in [3.63, 3.8) is 0 Å². The summed E-state index contributed by atoms with van der Waals surface area (Å²) in [5.74, 6) is -1.69. The van der Waals surface area contributed by atoms with Gasteiger partial charge in [-0.1, -0.05) is 18.2 Å². The topological polar surface area (TPSA) is 138 Å². The molecule has 1 aromatic carbocycles. The first-order valence-corrected chi connectivity index (χ1v) is 8.78. The molecular weight excluding hydrogens is 405 g/mol. The average molecular weight is 430 g/mol. The number of benzene rings is 1. The van der Waals surface area contributed by atoms with Crippen LogP contribution in [0, 0.1) is 5.82 Å². The summed E-state index contributed by atoms with van der Waals surface area (Å²) >= 11 is 0. The highest BCUT2D eigenvalue weighted by Gasteiger charge is 2.23. The maximum atomic E-state index is 14.3. The van der Waals surface area contributed by atoms with Gasteiger partial charge in [-0.2, -0.15) is 5.10 Å². The third-order valence-electron chi connectivity index (χ3n) is 4.43. The van der Waals surface area contributed by atoms with E-state index in [1.54, 1.807) is 30.3 Å². The highest BCUT2D eigenvalue weighted by molar-refractivity contribution is 5.96. The van der Waals surface area contributed by atoms with Crippen LogP contribution in [0.15, 0.2) is 42.6 Å². The number of halogens is 1. The highest BCUT2D eigenvalue weighted by Crippen LogP contribution is 2.32. The quantitative estimate of drug-likeness (QED) is 0.471. The van der Waals surface area contributed by atoms with Crippen LogP contribution in [0.5, 0.6) is 0 Å². The summed E-state index contributed by atoms with van der Waals surface area (Å²) in [6.07, 6.45) is -0.234. The predicted octanol–water partition coefficient (Wildman–Crippen LogP) is 2.44. The fourth-order valence-electron chi connectivity index (χ4n) is 3.04. The Labute approximate surface area is 184 Å². The smallest absolute Gasteiger partial charge is 0.413 e. The average Bonchev–Trinajstić information content (AvgIpc) is 3.14. The van der Waals surface area contributed by atoms with Gasteiger partial charge in [-0.25, -0.2) is 28.8 Å². The Morgan fingerprint density at radius 3 is 2.71 bits per heavy atom. The first-order valence-electron chi connectivity index (χ1n) is 11.8. The third-order valence-corrected chi connectivity index (χ3v) is 4.43. The van der Waals surface area contributed by atoms with Crippen molar-refractivity contribution >= 4 is 34.4 Å². The van der Waals surface area contributed by atoms with E-state index in [0.29, 0.717) is 16.6 Å². The van der Waals surface area contributed by atoms with Crippen molar-refractivity contribution in [2.75, 3.05) is 30.4 Å². The largest absolute Gasteiger partial charge is 0.452 e. The monoisotopic (exact) mass is 430 g/mol. The molecule has 4 rings (SSSR count). The molecule has 3 aromatic heterocycles. The maximum Gasteiger partial charge on any atom is 0.413 e. The first kappa shape index (κ1) is 13.9. The fraction of sp³-hybridized carbons (Fsp3) is 0.150. The summed E-state index contributed by atoms with van der Waals surface area (Å²) in [5, 5.41) is 4.90. The molecule has 0 atom stereocenters. The van der Waals surface area contributed by atoms with Crippen LogP contribution in [0.25, 0.3) is 22.6 Å². The number of rotatable bonds is 4. The van der Waals surface area contributed by atoms with Crippen LogP contribution in [0.1, 0.15) is 13.8 Å². The molecule has 0 saturated heterocycles. The number of aromatic nitrogens is 5. The minimum Gasteiger partial charge on any atom is -0.452 e. The Morgan fingerprint density at radius 2 is 2.00 bits per heavy atom. The normalized spacial score (nSPS) is 14.6. The van der Waals surface area contributed by atoms with Crippen LogP contribution < -0.4 is 16.4 Å². The molecule has 0 aliphatic rings. The number of fused-ring (bicyclic) bond motifs is 1. The van der Waals surface area contributed by atoms with Gasteiger partial charge in [0.15, 0.2) is 23.1 Å². The summed E-state index contributed by atoms with van der Waals surface area (Å²) in [4.78, 5) is 24.8. The second-order valence-electron chi connectivity index (χ2n) is 6.34. The van der Waals surface area contributed by atoms with E-state index in [1.807, 2.05) is 0 Å². The van der Waals surface area contributed by atoms with Crippen molar-refractivity contribution in [3.8, 4) is 11.5 Å². The molecule has 11 heteroatoms. The highest BCUT2D eigenvalue weighted by atomic mass is 19.1. The molecule has 0 aliphatic carbocycles. The molecule has 0 spiro atoms. The predicted molar refractivity (Wildman–Crippen MR) is 114 cm³/mol. The van der Waals surface area contributed by atoms with E-state index in [0.717, 1.165) is 0 Å². The van der Waals surface area contributed by atoms with Gasteiger partial charge in [0.1, 0.15) is 17.2 Å². The van der Waals surface area contributed by atoms with Gasteiger partial charge in [-0.05, 0) is 18.2 Å². The molecule has 4 aromatic rings. The van der Waals surface area contributed by atoms with Crippen molar-refractivity contribution in [2.24, 2.45) is 0 Å². The van der Waals surface area contributed by atoms with E-state index < -0.39 is 43.2 Å². The van der Waals surface area contributed by atoms with E-state index >= 15 is 0 Å². The lowest BCUT2D eigenvalue weighted by Crippen LogP contribution is -2.28. The van der Waals surface area contributed by atoms with E-state index in [-0.39, 0.29) is 23.0 Å². The third kappa shape index (κ3) is 3.56. The zero-order valence-electron chi connectivity index (χ0n) is 21.8. The molecule has 0 bridgehead atoms. The number of hydrogen-bond acceptors (Lipinski definition) is 8. The van der Waals surface area contributed by atoms with Gasteiger partial charge in [-0.15, -0.1) is 0 Å². The molecule has 0 aliphatic heterocycles. The van der Waals surface area contributed by atoms with Crippen LogP contribution >= 0.6 is 0 Å². The number of nitrogens with two attached hydrogens (primary N) is 2. The van der Waals surface area contributed by atoms with Gasteiger partial charge >= 0.3 is 6.09 Å². The number of nitrogens with zero attached hydrogens (tertiary/aromatic N) is 6. The van der Waals surface area contributed by atoms with Crippen molar-refractivity contribution in [2.45, 2.75) is 6.54 Å². The Bertz CT molecular complexity index is 1470. The number of anilines is 3. The number of methoxy groups -OCH3 is 1. The number of ether oxygens (including phenoxy) is 1. The molecule has 31 heavy (non-hydrogen) atoms. The van der Waals surface area contributed by atoms with Crippen LogP contribution in [0.4, 0.5) is 26.5 Å². The van der Waals surface area contributed by atoms with Crippen LogP contribution in [0.3, 0.4) is 0 Å². The Hall–Kier alpha value is -4.28. The maximum absolute atomic E-state index is 14.3. The lowest BCUT2D eigenvalue weighted by Gasteiger charge is -2.18. The summed E-state index contributed by atoms with van der Waals surface area (Å²) in [6, 6.07) is 9.43. The summed E-state index contributed by atoms with van der Waals surface area (Å²) in [5.41, 5.74) is 12.2. The molecule has 4 N–H and O–H groups in total. The van der Waals surface area contributed by atoms with Crippen molar-refractivity contribution in [3.05, 3.63) is 54.0 Å². The van der Waals surface area contributed by atoms with E-state index in [4.69, 9.17) is 19.7 Å². The number of hydrogen-bond donors (Lipinski definition) is 2. The molecule has 0 radical (unpaired) electrons. The van der Waals surface area contributed by atoms with Crippen molar-refractivity contribution in [1.29, 1.82) is 0 Å². The van der Waals surface area contributed by atoms with Gasteiger partial charge in [0.2, 0.25) is 0 Å². The number of amides is 1. The Morgan fingerprint density at radius 1 is 1.23 bits per heavy atom. The van der Waals surface area contributed by atoms with Crippen molar-refractivity contribution < 1.29 is 22.1 Å².